The number of carbonyl (C=O) groups excluding carboxylic acids is 1. The van der Waals surface area contributed by atoms with E-state index < -0.39 is 0 Å². The van der Waals surface area contributed by atoms with Gasteiger partial charge in [-0.15, -0.1) is 0 Å². The molecule has 22 heavy (non-hydrogen) atoms. The van der Waals surface area contributed by atoms with Gasteiger partial charge in [0.15, 0.2) is 0 Å². The van der Waals surface area contributed by atoms with Crippen LogP contribution in [0.1, 0.15) is 48.4 Å². The van der Waals surface area contributed by atoms with E-state index in [1.54, 1.807) is 23.0 Å². The minimum Gasteiger partial charge on any atom is -0.343 e. The highest BCUT2D eigenvalue weighted by Gasteiger charge is 2.29. The molecule has 0 unspecified atom stereocenters. The van der Waals surface area contributed by atoms with E-state index >= 15 is 0 Å². The Bertz CT molecular complexity index is 703. The second kappa shape index (κ2) is 5.98. The van der Waals surface area contributed by atoms with E-state index in [0.29, 0.717) is 5.56 Å². The third-order valence-electron chi connectivity index (χ3n) is 3.32. The van der Waals surface area contributed by atoms with Crippen molar-refractivity contribution < 1.29 is 4.79 Å². The van der Waals surface area contributed by atoms with E-state index in [9.17, 15) is 4.79 Å². The van der Waals surface area contributed by atoms with Gasteiger partial charge in [0.1, 0.15) is 11.8 Å². The van der Waals surface area contributed by atoms with Crippen LogP contribution in [0.15, 0.2) is 30.7 Å². The maximum Gasteiger partial charge on any atom is 0.270 e. The van der Waals surface area contributed by atoms with Gasteiger partial charge in [0.25, 0.3) is 5.91 Å². The lowest BCUT2D eigenvalue weighted by Crippen LogP contribution is -2.36. The zero-order valence-electron chi connectivity index (χ0n) is 13.2. The zero-order valence-corrected chi connectivity index (χ0v) is 13.2. The molecule has 6 heteroatoms. The van der Waals surface area contributed by atoms with Gasteiger partial charge in [0.05, 0.1) is 17.8 Å². The Labute approximate surface area is 129 Å². The number of nitriles is 1. The molecule has 1 amide bonds. The van der Waals surface area contributed by atoms with Gasteiger partial charge in [0.2, 0.25) is 0 Å². The maximum atomic E-state index is 12.4. The molecule has 6 nitrogen and oxygen atoms in total. The van der Waals surface area contributed by atoms with Crippen LogP contribution in [-0.2, 0) is 7.05 Å². The largest absolute Gasteiger partial charge is 0.343 e. The summed E-state index contributed by atoms with van der Waals surface area (Å²) in [5.41, 5.74) is 1.48. The summed E-state index contributed by atoms with van der Waals surface area (Å²) in [5, 5.41) is 15.9. The number of rotatable bonds is 3. The van der Waals surface area contributed by atoms with Crippen molar-refractivity contribution in [1.82, 2.24) is 20.1 Å². The highest BCUT2D eigenvalue weighted by Crippen LogP contribution is 2.32. The summed E-state index contributed by atoms with van der Waals surface area (Å²) in [6.45, 7) is 6.16. The third kappa shape index (κ3) is 3.50. The van der Waals surface area contributed by atoms with Crippen LogP contribution in [0.4, 0.5) is 0 Å². The Morgan fingerprint density at radius 3 is 2.55 bits per heavy atom. The van der Waals surface area contributed by atoms with E-state index in [2.05, 4.69) is 36.2 Å². The number of hydrogen-bond donors (Lipinski definition) is 1. The highest BCUT2D eigenvalue weighted by atomic mass is 16.1. The van der Waals surface area contributed by atoms with Crippen molar-refractivity contribution in [3.63, 3.8) is 0 Å². The average Bonchev–Trinajstić information content (AvgIpc) is 2.89. The molecular formula is C16H19N5O. The number of carbonyl (C=O) groups is 1. The molecule has 2 aromatic rings. The topological polar surface area (TPSA) is 83.6 Å². The predicted molar refractivity (Wildman–Crippen MR) is 81.8 cm³/mol. The molecule has 2 rings (SSSR count). The molecule has 0 aliphatic carbocycles. The molecule has 2 heterocycles. The minimum atomic E-state index is -0.270. The zero-order chi connectivity index (χ0) is 16.3. The number of nitrogens with zero attached hydrogens (tertiary/aromatic N) is 4. The highest BCUT2D eigenvalue weighted by molar-refractivity contribution is 5.92. The Morgan fingerprint density at radius 2 is 2.09 bits per heavy atom. The molecule has 1 N–H and O–H groups in total. The van der Waals surface area contributed by atoms with Crippen molar-refractivity contribution in [2.75, 3.05) is 0 Å². The van der Waals surface area contributed by atoms with Gasteiger partial charge in [-0.2, -0.15) is 10.4 Å². The van der Waals surface area contributed by atoms with Gasteiger partial charge in [-0.25, -0.2) is 4.98 Å². The van der Waals surface area contributed by atoms with Crippen molar-refractivity contribution in [2.45, 2.75) is 26.8 Å². The van der Waals surface area contributed by atoms with Crippen LogP contribution in [-0.4, -0.2) is 20.7 Å². The quantitative estimate of drug-likeness (QED) is 0.941. The fraction of sp³-hybridized carbons (Fsp3) is 0.375. The first-order valence-electron chi connectivity index (χ1n) is 6.97. The number of nitrogens with one attached hydrogen (secondary N) is 1. The lowest BCUT2D eigenvalue weighted by Gasteiger charge is -2.30. The Morgan fingerprint density at radius 1 is 1.36 bits per heavy atom. The molecule has 114 valence electrons. The van der Waals surface area contributed by atoms with Gasteiger partial charge < -0.3 is 5.32 Å². The molecule has 0 aromatic carbocycles. The average molecular weight is 297 g/mol. The standard InChI is InChI=1S/C16H19N5O/c1-16(2,3)14(12-9-19-21(4)10-12)20-15(22)13-6-5-11(7-17)8-18-13/h5-6,8-10,14H,1-4H3,(H,20,22)/t14-/m0/s1. The molecule has 0 spiro atoms. The van der Waals surface area contributed by atoms with Gasteiger partial charge in [-0.05, 0) is 17.5 Å². The van der Waals surface area contributed by atoms with Crippen LogP contribution in [0.2, 0.25) is 0 Å². The molecule has 0 aliphatic rings. The number of aromatic nitrogens is 3. The van der Waals surface area contributed by atoms with Crippen LogP contribution in [0.5, 0.6) is 0 Å². The molecule has 0 radical (unpaired) electrons. The van der Waals surface area contributed by atoms with E-state index in [-0.39, 0.29) is 23.1 Å². The van der Waals surface area contributed by atoms with Gasteiger partial charge >= 0.3 is 0 Å². The summed E-state index contributed by atoms with van der Waals surface area (Å²) in [6, 6.07) is 4.93. The Hall–Kier alpha value is -2.68. The predicted octanol–water partition coefficient (Wildman–Crippen LogP) is 2.20. The molecule has 1 atom stereocenters. The summed E-state index contributed by atoms with van der Waals surface area (Å²) in [6.07, 6.45) is 5.04. The fourth-order valence-electron chi connectivity index (χ4n) is 2.19. The molecule has 0 fully saturated rings. The third-order valence-corrected chi connectivity index (χ3v) is 3.32. The van der Waals surface area contributed by atoms with Crippen molar-refractivity contribution in [2.24, 2.45) is 12.5 Å². The first kappa shape index (κ1) is 15.7. The summed E-state index contributed by atoms with van der Waals surface area (Å²) < 4.78 is 1.71. The Balaban J connectivity index is 2.23. The van der Waals surface area contributed by atoms with Crippen LogP contribution in [0, 0.1) is 16.7 Å². The van der Waals surface area contributed by atoms with Crippen molar-refractivity contribution in [3.8, 4) is 6.07 Å². The lowest BCUT2D eigenvalue weighted by molar-refractivity contribution is 0.0896. The van der Waals surface area contributed by atoms with Crippen molar-refractivity contribution in [1.29, 1.82) is 5.26 Å². The monoisotopic (exact) mass is 297 g/mol. The molecule has 2 aromatic heterocycles. The molecule has 0 saturated carbocycles. The van der Waals surface area contributed by atoms with Crippen LogP contribution < -0.4 is 5.32 Å². The maximum absolute atomic E-state index is 12.4. The van der Waals surface area contributed by atoms with Crippen molar-refractivity contribution in [3.05, 3.63) is 47.5 Å². The second-order valence-electron chi connectivity index (χ2n) is 6.26. The first-order valence-corrected chi connectivity index (χ1v) is 6.97. The van der Waals surface area contributed by atoms with E-state index in [4.69, 9.17) is 5.26 Å². The van der Waals surface area contributed by atoms with Gasteiger partial charge in [-0.3, -0.25) is 9.48 Å². The van der Waals surface area contributed by atoms with E-state index in [1.165, 1.54) is 6.20 Å². The van der Waals surface area contributed by atoms with Crippen LogP contribution in [0.25, 0.3) is 0 Å². The minimum absolute atomic E-state index is 0.175. The second-order valence-corrected chi connectivity index (χ2v) is 6.26. The Kier molecular flexibility index (Phi) is 4.27. The fourth-order valence-corrected chi connectivity index (χ4v) is 2.19. The van der Waals surface area contributed by atoms with Gasteiger partial charge in [0, 0.05) is 25.0 Å². The van der Waals surface area contributed by atoms with Crippen molar-refractivity contribution >= 4 is 5.91 Å². The number of aryl methyl sites for hydroxylation is 1. The molecular weight excluding hydrogens is 278 g/mol. The smallest absolute Gasteiger partial charge is 0.270 e. The first-order chi connectivity index (χ1) is 10.3. The molecule has 0 saturated heterocycles. The van der Waals surface area contributed by atoms with E-state index in [1.807, 2.05) is 19.3 Å². The lowest BCUT2D eigenvalue weighted by atomic mass is 9.83. The van der Waals surface area contributed by atoms with Gasteiger partial charge in [-0.1, -0.05) is 20.8 Å². The van der Waals surface area contributed by atoms with Crippen LogP contribution >= 0.6 is 0 Å². The summed E-state index contributed by atoms with van der Waals surface area (Å²) in [4.78, 5) is 16.4. The summed E-state index contributed by atoms with van der Waals surface area (Å²) in [5.74, 6) is -0.270. The number of hydrogen-bond acceptors (Lipinski definition) is 4. The number of pyridine rings is 1. The number of amides is 1. The van der Waals surface area contributed by atoms with Crippen LogP contribution in [0.3, 0.4) is 0 Å². The summed E-state index contributed by atoms with van der Waals surface area (Å²) >= 11 is 0. The normalized spacial score (nSPS) is 12.5. The molecule has 0 bridgehead atoms. The SMILES string of the molecule is Cn1cc([C@H](NC(=O)c2ccc(C#N)cn2)C(C)(C)C)cn1. The summed E-state index contributed by atoms with van der Waals surface area (Å²) in [7, 11) is 1.84. The van der Waals surface area contributed by atoms with E-state index in [0.717, 1.165) is 5.56 Å². The molecule has 0 aliphatic heterocycles.